The molecule has 0 aliphatic heterocycles. The molecule has 1 heterocycles. The summed E-state index contributed by atoms with van der Waals surface area (Å²) in [4.78, 5) is 10.5. The zero-order valence-electron chi connectivity index (χ0n) is 6.45. The van der Waals surface area contributed by atoms with Crippen molar-refractivity contribution in [3.05, 3.63) is 28.9 Å². The summed E-state index contributed by atoms with van der Waals surface area (Å²) in [7, 11) is 0. The first-order valence-corrected chi connectivity index (χ1v) is 4.45. The third-order valence-electron chi connectivity index (χ3n) is 1.77. The van der Waals surface area contributed by atoms with Crippen LogP contribution in [0.4, 0.5) is 4.39 Å². The summed E-state index contributed by atoms with van der Waals surface area (Å²) >= 11 is 1.24. The molecule has 0 radical (unpaired) electrons. The molecule has 66 valence electrons. The molecule has 0 saturated carbocycles. The first-order valence-electron chi connectivity index (χ1n) is 3.57. The fraction of sp³-hybridized carbons (Fsp3) is 0. The SMILES string of the molecule is O=Cc1csc2cc(O)cc(F)c12. The summed E-state index contributed by atoms with van der Waals surface area (Å²) < 4.78 is 13.8. The van der Waals surface area contributed by atoms with Crippen molar-refractivity contribution >= 4 is 27.7 Å². The normalized spacial score (nSPS) is 10.5. The smallest absolute Gasteiger partial charge is 0.151 e. The predicted octanol–water partition coefficient (Wildman–Crippen LogP) is 2.56. The number of benzene rings is 1. The third kappa shape index (κ3) is 1.19. The van der Waals surface area contributed by atoms with Gasteiger partial charge >= 0.3 is 0 Å². The van der Waals surface area contributed by atoms with Crippen LogP contribution >= 0.6 is 11.3 Å². The minimum atomic E-state index is -0.557. The van der Waals surface area contributed by atoms with Crippen LogP contribution in [0, 0.1) is 5.82 Å². The van der Waals surface area contributed by atoms with Gasteiger partial charge in [-0.05, 0) is 6.07 Å². The Morgan fingerprint density at radius 3 is 2.92 bits per heavy atom. The van der Waals surface area contributed by atoms with Crippen molar-refractivity contribution in [1.82, 2.24) is 0 Å². The second kappa shape index (κ2) is 2.81. The molecule has 0 bridgehead atoms. The fourth-order valence-electron chi connectivity index (χ4n) is 1.21. The van der Waals surface area contributed by atoms with Crippen molar-refractivity contribution in [3.8, 4) is 5.75 Å². The van der Waals surface area contributed by atoms with Gasteiger partial charge in [0.1, 0.15) is 11.6 Å². The largest absolute Gasteiger partial charge is 0.508 e. The highest BCUT2D eigenvalue weighted by atomic mass is 32.1. The summed E-state index contributed by atoms with van der Waals surface area (Å²) in [5.74, 6) is -0.678. The van der Waals surface area contributed by atoms with Crippen LogP contribution in [0.25, 0.3) is 10.1 Å². The molecule has 2 rings (SSSR count). The average Bonchev–Trinajstić information content (AvgIpc) is 2.47. The zero-order chi connectivity index (χ0) is 9.42. The van der Waals surface area contributed by atoms with Crippen LogP contribution in [0.15, 0.2) is 17.5 Å². The number of aldehydes is 1. The van der Waals surface area contributed by atoms with Gasteiger partial charge < -0.3 is 5.11 Å². The van der Waals surface area contributed by atoms with E-state index in [9.17, 15) is 9.18 Å². The highest BCUT2D eigenvalue weighted by molar-refractivity contribution is 7.17. The average molecular weight is 196 g/mol. The van der Waals surface area contributed by atoms with Gasteiger partial charge in [-0.25, -0.2) is 4.39 Å². The van der Waals surface area contributed by atoms with Crippen LogP contribution in [0.1, 0.15) is 10.4 Å². The van der Waals surface area contributed by atoms with Crippen LogP contribution in [-0.4, -0.2) is 11.4 Å². The Bertz CT molecular complexity index is 476. The Morgan fingerprint density at radius 2 is 2.23 bits per heavy atom. The van der Waals surface area contributed by atoms with Crippen molar-refractivity contribution < 1.29 is 14.3 Å². The summed E-state index contributed by atoms with van der Waals surface area (Å²) in [6.45, 7) is 0. The first kappa shape index (κ1) is 8.19. The Labute approximate surface area is 77.2 Å². The minimum absolute atomic E-state index is 0.121. The molecule has 1 N–H and O–H groups in total. The molecule has 1 aromatic carbocycles. The Morgan fingerprint density at radius 1 is 1.46 bits per heavy atom. The van der Waals surface area contributed by atoms with Gasteiger partial charge in [-0.1, -0.05) is 0 Å². The molecule has 4 heteroatoms. The second-order valence-corrected chi connectivity index (χ2v) is 3.52. The van der Waals surface area contributed by atoms with E-state index in [4.69, 9.17) is 5.11 Å². The number of hydrogen-bond donors (Lipinski definition) is 1. The minimum Gasteiger partial charge on any atom is -0.508 e. The molecule has 0 aliphatic carbocycles. The van der Waals surface area contributed by atoms with Gasteiger partial charge in [0.15, 0.2) is 6.29 Å². The number of phenolic OH excluding ortho intramolecular Hbond substituents is 1. The summed E-state index contributed by atoms with van der Waals surface area (Å²) in [6, 6.07) is 2.44. The van der Waals surface area contributed by atoms with Gasteiger partial charge in [0.2, 0.25) is 0 Å². The molecule has 0 atom stereocenters. The van der Waals surface area contributed by atoms with Gasteiger partial charge in [0.25, 0.3) is 0 Å². The number of carbonyl (C=O) groups is 1. The molecule has 0 aliphatic rings. The summed E-state index contributed by atoms with van der Waals surface area (Å²) in [5.41, 5.74) is 0.331. The van der Waals surface area contributed by atoms with Crippen LogP contribution in [0.3, 0.4) is 0 Å². The highest BCUT2D eigenvalue weighted by Gasteiger charge is 2.09. The number of carbonyl (C=O) groups excluding carboxylic acids is 1. The number of fused-ring (bicyclic) bond motifs is 1. The van der Waals surface area contributed by atoms with E-state index in [1.54, 1.807) is 5.38 Å². The van der Waals surface area contributed by atoms with Crippen molar-refractivity contribution in [3.63, 3.8) is 0 Å². The molecule has 0 spiro atoms. The fourth-order valence-corrected chi connectivity index (χ4v) is 2.16. The lowest BCUT2D eigenvalue weighted by Crippen LogP contribution is -1.80. The molecule has 0 saturated heterocycles. The Kier molecular flexibility index (Phi) is 1.77. The Balaban J connectivity index is 2.89. The molecule has 1 aromatic heterocycles. The summed E-state index contributed by atoms with van der Waals surface area (Å²) in [6.07, 6.45) is 0.610. The van der Waals surface area contributed by atoms with E-state index in [-0.39, 0.29) is 11.1 Å². The third-order valence-corrected chi connectivity index (χ3v) is 2.72. The lowest BCUT2D eigenvalue weighted by molar-refractivity contribution is 0.112. The number of thiophene rings is 1. The number of aromatic hydroxyl groups is 1. The van der Waals surface area contributed by atoms with E-state index in [1.807, 2.05) is 0 Å². The van der Waals surface area contributed by atoms with E-state index < -0.39 is 5.82 Å². The lowest BCUT2D eigenvalue weighted by Gasteiger charge is -1.95. The van der Waals surface area contributed by atoms with Crippen LogP contribution in [0.2, 0.25) is 0 Å². The molecule has 13 heavy (non-hydrogen) atoms. The van der Waals surface area contributed by atoms with E-state index in [2.05, 4.69) is 0 Å². The molecule has 0 unspecified atom stereocenters. The van der Waals surface area contributed by atoms with Crippen molar-refractivity contribution in [1.29, 1.82) is 0 Å². The maximum absolute atomic E-state index is 13.2. The van der Waals surface area contributed by atoms with Gasteiger partial charge in [-0.15, -0.1) is 11.3 Å². The van der Waals surface area contributed by atoms with Crippen LogP contribution in [0.5, 0.6) is 5.75 Å². The number of halogens is 1. The zero-order valence-corrected chi connectivity index (χ0v) is 7.27. The maximum Gasteiger partial charge on any atom is 0.151 e. The molecule has 2 aromatic rings. The van der Waals surface area contributed by atoms with Gasteiger partial charge in [0, 0.05) is 27.1 Å². The molecular formula is C9H5FO2S. The van der Waals surface area contributed by atoms with Crippen molar-refractivity contribution in [2.45, 2.75) is 0 Å². The highest BCUT2D eigenvalue weighted by Crippen LogP contribution is 2.30. The monoisotopic (exact) mass is 196 g/mol. The van der Waals surface area contributed by atoms with Crippen LogP contribution in [-0.2, 0) is 0 Å². The number of rotatable bonds is 1. The standard InChI is InChI=1S/C9H5FO2S/c10-7-1-6(12)2-8-9(7)5(3-11)4-13-8/h1-4,12H. The topological polar surface area (TPSA) is 37.3 Å². The quantitative estimate of drug-likeness (QED) is 0.711. The van der Waals surface area contributed by atoms with E-state index in [0.29, 0.717) is 16.5 Å². The van der Waals surface area contributed by atoms with Gasteiger partial charge in [-0.3, -0.25) is 4.79 Å². The predicted molar refractivity (Wildman–Crippen MR) is 48.8 cm³/mol. The number of hydrogen-bond acceptors (Lipinski definition) is 3. The summed E-state index contributed by atoms with van der Waals surface area (Å²) in [5, 5.41) is 10.9. The molecule has 2 nitrogen and oxygen atoms in total. The second-order valence-electron chi connectivity index (χ2n) is 2.61. The molecular weight excluding hydrogens is 191 g/mol. The van der Waals surface area contributed by atoms with E-state index in [0.717, 1.165) is 6.07 Å². The van der Waals surface area contributed by atoms with Gasteiger partial charge in [0.05, 0.1) is 0 Å². The molecule has 0 fully saturated rings. The van der Waals surface area contributed by atoms with Crippen molar-refractivity contribution in [2.24, 2.45) is 0 Å². The first-order chi connectivity index (χ1) is 6.22. The van der Waals surface area contributed by atoms with E-state index in [1.165, 1.54) is 17.4 Å². The van der Waals surface area contributed by atoms with E-state index >= 15 is 0 Å². The maximum atomic E-state index is 13.2. The van der Waals surface area contributed by atoms with Gasteiger partial charge in [-0.2, -0.15) is 0 Å². The number of phenols is 1. The van der Waals surface area contributed by atoms with Crippen LogP contribution < -0.4 is 0 Å². The lowest BCUT2D eigenvalue weighted by atomic mass is 10.2. The molecule has 0 amide bonds. The Hall–Kier alpha value is -1.42. The van der Waals surface area contributed by atoms with Crippen molar-refractivity contribution in [2.75, 3.05) is 0 Å².